The first kappa shape index (κ1) is 18.2. The number of fused-ring (bicyclic) bond motifs is 1. The molecule has 2 N–H and O–H groups in total. The van der Waals surface area contributed by atoms with E-state index in [0.29, 0.717) is 0 Å². The first-order valence-electron chi connectivity index (χ1n) is 9.32. The first-order valence-corrected chi connectivity index (χ1v) is 9.32. The molecule has 0 saturated carbocycles. The van der Waals surface area contributed by atoms with Gasteiger partial charge >= 0.3 is 0 Å². The number of hydrogen-bond acceptors (Lipinski definition) is 4. The number of aliphatic hydroxyl groups is 1. The first-order chi connectivity index (χ1) is 12.1. The van der Waals surface area contributed by atoms with E-state index in [-0.39, 0.29) is 6.10 Å². The molecule has 25 heavy (non-hydrogen) atoms. The van der Waals surface area contributed by atoms with Crippen LogP contribution in [0.1, 0.15) is 25.3 Å². The summed E-state index contributed by atoms with van der Waals surface area (Å²) in [5.41, 5.74) is 1.32. The molecule has 1 aliphatic rings. The number of rotatable bonds is 7. The van der Waals surface area contributed by atoms with E-state index in [1.54, 1.807) is 7.11 Å². The second-order valence-electron chi connectivity index (χ2n) is 7.27. The van der Waals surface area contributed by atoms with Crippen LogP contribution >= 0.6 is 0 Å². The molecule has 0 radical (unpaired) electrons. The smallest absolute Gasteiger partial charge is 0.119 e. The third-order valence-electron chi connectivity index (χ3n) is 5.10. The summed E-state index contributed by atoms with van der Waals surface area (Å²) >= 11 is 0. The van der Waals surface area contributed by atoms with E-state index in [4.69, 9.17) is 4.74 Å². The number of aliphatic hydroxyl groups excluding tert-OH is 1. The van der Waals surface area contributed by atoms with Crippen molar-refractivity contribution < 1.29 is 9.84 Å². The van der Waals surface area contributed by atoms with E-state index < -0.39 is 0 Å². The van der Waals surface area contributed by atoms with E-state index in [1.807, 2.05) is 13.0 Å². The maximum Gasteiger partial charge on any atom is 0.119 e. The van der Waals surface area contributed by atoms with E-state index in [2.05, 4.69) is 40.5 Å². The molecule has 1 aliphatic heterocycles. The highest BCUT2D eigenvalue weighted by molar-refractivity contribution is 5.84. The van der Waals surface area contributed by atoms with Gasteiger partial charge in [-0.15, -0.1) is 0 Å². The maximum atomic E-state index is 9.48. The van der Waals surface area contributed by atoms with Crippen LogP contribution in [0.15, 0.2) is 36.4 Å². The Morgan fingerprint density at radius 2 is 1.88 bits per heavy atom. The van der Waals surface area contributed by atoms with E-state index in [0.717, 1.165) is 44.4 Å². The van der Waals surface area contributed by atoms with Crippen LogP contribution in [-0.2, 0) is 6.54 Å². The second kappa shape index (κ2) is 8.65. The molecule has 4 heteroatoms. The van der Waals surface area contributed by atoms with Crippen molar-refractivity contribution in [2.24, 2.45) is 5.92 Å². The molecule has 1 heterocycles. The lowest BCUT2D eigenvalue weighted by atomic mass is 9.96. The number of nitrogens with zero attached hydrogens (tertiary/aromatic N) is 1. The third-order valence-corrected chi connectivity index (χ3v) is 5.10. The monoisotopic (exact) mass is 342 g/mol. The van der Waals surface area contributed by atoms with E-state index >= 15 is 0 Å². The zero-order chi connectivity index (χ0) is 17.6. The van der Waals surface area contributed by atoms with Crippen LogP contribution in [-0.4, -0.2) is 49.4 Å². The molecular formula is C21H30N2O2. The molecular weight excluding hydrogens is 312 g/mol. The van der Waals surface area contributed by atoms with Crippen molar-refractivity contribution in [2.45, 2.75) is 32.4 Å². The second-order valence-corrected chi connectivity index (χ2v) is 7.27. The minimum absolute atomic E-state index is 0.220. The van der Waals surface area contributed by atoms with Crippen molar-refractivity contribution in [2.75, 3.05) is 33.3 Å². The Balaban J connectivity index is 1.45. The highest BCUT2D eigenvalue weighted by Gasteiger charge is 2.19. The van der Waals surface area contributed by atoms with Crippen molar-refractivity contribution in [1.29, 1.82) is 0 Å². The quantitative estimate of drug-likeness (QED) is 0.812. The summed E-state index contributed by atoms with van der Waals surface area (Å²) in [5, 5.41) is 15.6. The van der Waals surface area contributed by atoms with Gasteiger partial charge in [-0.25, -0.2) is 0 Å². The number of hydrogen-bond donors (Lipinski definition) is 2. The van der Waals surface area contributed by atoms with Gasteiger partial charge < -0.3 is 20.1 Å². The summed E-state index contributed by atoms with van der Waals surface area (Å²) in [5.74, 6) is 1.65. The predicted octanol–water partition coefficient (Wildman–Crippen LogP) is 3.03. The molecule has 2 aromatic carbocycles. The van der Waals surface area contributed by atoms with Gasteiger partial charge in [-0.1, -0.05) is 18.2 Å². The lowest BCUT2D eigenvalue weighted by Gasteiger charge is -2.32. The van der Waals surface area contributed by atoms with Crippen LogP contribution in [0.4, 0.5) is 0 Å². The summed E-state index contributed by atoms with van der Waals surface area (Å²) in [6.45, 7) is 6.87. The summed E-state index contributed by atoms with van der Waals surface area (Å²) in [4.78, 5) is 2.37. The molecule has 1 fully saturated rings. The molecule has 0 aliphatic carbocycles. The van der Waals surface area contributed by atoms with Gasteiger partial charge in [0, 0.05) is 13.1 Å². The minimum atomic E-state index is -0.220. The average molecular weight is 342 g/mol. The van der Waals surface area contributed by atoms with Crippen LogP contribution in [0.5, 0.6) is 5.75 Å². The van der Waals surface area contributed by atoms with Gasteiger partial charge in [0.2, 0.25) is 0 Å². The summed E-state index contributed by atoms with van der Waals surface area (Å²) in [6, 6.07) is 12.8. The lowest BCUT2D eigenvalue weighted by molar-refractivity contribution is 0.0998. The number of methoxy groups -OCH3 is 1. The zero-order valence-electron chi connectivity index (χ0n) is 15.4. The van der Waals surface area contributed by atoms with Gasteiger partial charge in [-0.3, -0.25) is 0 Å². The van der Waals surface area contributed by atoms with Crippen LogP contribution in [0.2, 0.25) is 0 Å². The Morgan fingerprint density at radius 1 is 1.16 bits per heavy atom. The highest BCUT2D eigenvalue weighted by Crippen LogP contribution is 2.22. The van der Waals surface area contributed by atoms with Crippen LogP contribution in [0.25, 0.3) is 10.8 Å². The number of benzene rings is 2. The van der Waals surface area contributed by atoms with Crippen molar-refractivity contribution in [1.82, 2.24) is 10.2 Å². The molecule has 4 nitrogen and oxygen atoms in total. The van der Waals surface area contributed by atoms with Gasteiger partial charge in [-0.05, 0) is 79.9 Å². The topological polar surface area (TPSA) is 44.7 Å². The molecule has 1 saturated heterocycles. The summed E-state index contributed by atoms with van der Waals surface area (Å²) in [7, 11) is 1.70. The predicted molar refractivity (Wildman–Crippen MR) is 103 cm³/mol. The van der Waals surface area contributed by atoms with Gasteiger partial charge in [0.15, 0.2) is 0 Å². The van der Waals surface area contributed by atoms with Crippen LogP contribution in [0.3, 0.4) is 0 Å². The molecule has 0 amide bonds. The number of piperidine rings is 1. The van der Waals surface area contributed by atoms with Crippen molar-refractivity contribution in [3.05, 3.63) is 42.0 Å². The van der Waals surface area contributed by atoms with Crippen molar-refractivity contribution in [3.8, 4) is 5.75 Å². The van der Waals surface area contributed by atoms with Crippen LogP contribution < -0.4 is 10.1 Å². The fraction of sp³-hybridized carbons (Fsp3) is 0.524. The van der Waals surface area contributed by atoms with Gasteiger partial charge in [0.05, 0.1) is 13.2 Å². The molecule has 0 bridgehead atoms. The Bertz CT molecular complexity index is 679. The third kappa shape index (κ3) is 5.18. The van der Waals surface area contributed by atoms with E-state index in [1.165, 1.54) is 29.2 Å². The number of β-amino-alcohol motifs (C(OH)–C–C–N with tert-alkyl or cyclic N) is 1. The van der Waals surface area contributed by atoms with Gasteiger partial charge in [0.25, 0.3) is 0 Å². The van der Waals surface area contributed by atoms with Crippen molar-refractivity contribution >= 4 is 10.8 Å². The molecule has 136 valence electrons. The number of likely N-dealkylation sites (tertiary alicyclic amines) is 1. The highest BCUT2D eigenvalue weighted by atomic mass is 16.5. The Morgan fingerprint density at radius 3 is 2.60 bits per heavy atom. The molecule has 1 atom stereocenters. The normalized spacial score (nSPS) is 17.7. The summed E-state index contributed by atoms with van der Waals surface area (Å²) in [6.07, 6.45) is 2.22. The number of nitrogens with one attached hydrogen (secondary N) is 1. The van der Waals surface area contributed by atoms with E-state index in [9.17, 15) is 5.11 Å². The molecule has 0 aromatic heterocycles. The minimum Gasteiger partial charge on any atom is -0.497 e. The Kier molecular flexibility index (Phi) is 6.29. The average Bonchev–Trinajstić information content (AvgIpc) is 2.62. The fourth-order valence-corrected chi connectivity index (χ4v) is 3.68. The molecule has 0 spiro atoms. The fourth-order valence-electron chi connectivity index (χ4n) is 3.68. The standard InChI is InChI=1S/C21H30N2O2/c1-16(24)15-23-9-7-17(8-10-23)13-22-14-18-3-4-20-12-21(25-2)6-5-19(20)11-18/h3-6,11-12,16-17,22,24H,7-10,13-15H2,1-2H3. The Hall–Kier alpha value is -1.62. The largest absolute Gasteiger partial charge is 0.497 e. The van der Waals surface area contributed by atoms with Crippen LogP contribution in [0, 0.1) is 5.92 Å². The van der Waals surface area contributed by atoms with Crippen molar-refractivity contribution in [3.63, 3.8) is 0 Å². The van der Waals surface area contributed by atoms with Gasteiger partial charge in [0.1, 0.15) is 5.75 Å². The summed E-state index contributed by atoms with van der Waals surface area (Å²) < 4.78 is 5.28. The lowest BCUT2D eigenvalue weighted by Crippen LogP contribution is -2.40. The zero-order valence-corrected chi connectivity index (χ0v) is 15.4. The SMILES string of the molecule is COc1ccc2cc(CNCC3CCN(CC(C)O)CC3)ccc2c1. The maximum absolute atomic E-state index is 9.48. The molecule has 3 rings (SSSR count). The Labute approximate surface area is 150 Å². The van der Waals surface area contributed by atoms with Gasteiger partial charge in [-0.2, -0.15) is 0 Å². The number of ether oxygens (including phenoxy) is 1. The molecule has 2 aromatic rings. The molecule has 1 unspecified atom stereocenters.